The largest absolute Gasteiger partial charge is 0.282 e. The van der Waals surface area contributed by atoms with Crippen molar-refractivity contribution in [2.24, 2.45) is 0 Å². The van der Waals surface area contributed by atoms with Crippen LogP contribution in [-0.2, 0) is 6.54 Å². The van der Waals surface area contributed by atoms with Gasteiger partial charge in [0.15, 0.2) is 11.6 Å². The summed E-state index contributed by atoms with van der Waals surface area (Å²) in [4.78, 5) is 11.8. The highest BCUT2D eigenvalue weighted by atomic mass is 79.9. The molecule has 94 valence electrons. The van der Waals surface area contributed by atoms with Gasteiger partial charge in [-0.1, -0.05) is 6.07 Å². The van der Waals surface area contributed by atoms with Crippen molar-refractivity contribution in [3.63, 3.8) is 0 Å². The van der Waals surface area contributed by atoms with Crippen molar-refractivity contribution in [1.82, 2.24) is 9.78 Å². The van der Waals surface area contributed by atoms with Gasteiger partial charge in [-0.2, -0.15) is 5.10 Å². The van der Waals surface area contributed by atoms with E-state index in [0.29, 0.717) is 14.5 Å². The minimum absolute atomic E-state index is 0.0713. The van der Waals surface area contributed by atoms with Crippen molar-refractivity contribution in [3.8, 4) is 0 Å². The average Bonchev–Trinajstić information content (AvgIpc) is 2.34. The van der Waals surface area contributed by atoms with E-state index < -0.39 is 11.6 Å². The third-order valence-corrected chi connectivity index (χ3v) is 4.16. The van der Waals surface area contributed by atoms with Crippen molar-refractivity contribution in [2.45, 2.75) is 6.54 Å². The Kier molecular flexibility index (Phi) is 3.91. The zero-order valence-electron chi connectivity index (χ0n) is 8.83. The molecule has 1 aromatic heterocycles. The molecule has 0 fully saturated rings. The third-order valence-electron chi connectivity index (χ3n) is 2.26. The summed E-state index contributed by atoms with van der Waals surface area (Å²) < 4.78 is 27.8. The van der Waals surface area contributed by atoms with Crippen LogP contribution in [0, 0.1) is 11.6 Å². The number of nitrogens with zero attached hydrogens (tertiary/aromatic N) is 2. The Balaban J connectivity index is 2.37. The third kappa shape index (κ3) is 2.67. The van der Waals surface area contributed by atoms with Crippen LogP contribution in [0.3, 0.4) is 0 Å². The zero-order chi connectivity index (χ0) is 13.3. The quantitative estimate of drug-likeness (QED) is 0.803. The predicted octanol–water partition coefficient (Wildman–Crippen LogP) is 3.09. The highest BCUT2D eigenvalue weighted by molar-refractivity contribution is 9.13. The molecule has 0 aliphatic heterocycles. The van der Waals surface area contributed by atoms with Crippen LogP contribution in [0.4, 0.5) is 8.78 Å². The van der Waals surface area contributed by atoms with E-state index in [1.54, 1.807) is 0 Å². The summed E-state index contributed by atoms with van der Waals surface area (Å²) in [5.41, 5.74) is 0.104. The van der Waals surface area contributed by atoms with Gasteiger partial charge >= 0.3 is 0 Å². The summed E-state index contributed by atoms with van der Waals surface area (Å²) in [5, 5.41) is 3.90. The fourth-order valence-electron chi connectivity index (χ4n) is 1.37. The maximum atomic E-state index is 13.0. The second kappa shape index (κ2) is 5.27. The van der Waals surface area contributed by atoms with Crippen molar-refractivity contribution >= 4 is 31.9 Å². The van der Waals surface area contributed by atoms with Crippen LogP contribution in [0.15, 0.2) is 38.1 Å². The number of aromatic nitrogens is 2. The molecule has 0 unspecified atom stereocenters. The molecule has 2 rings (SSSR count). The molecular weight excluding hydrogens is 374 g/mol. The van der Waals surface area contributed by atoms with E-state index in [0.717, 1.165) is 16.8 Å². The van der Waals surface area contributed by atoms with Crippen LogP contribution in [-0.4, -0.2) is 9.78 Å². The fraction of sp³-hybridized carbons (Fsp3) is 0.0909. The molecule has 0 bridgehead atoms. The lowest BCUT2D eigenvalue weighted by molar-refractivity contribution is 0.505. The van der Waals surface area contributed by atoms with Gasteiger partial charge in [0.1, 0.15) is 4.47 Å². The molecule has 0 amide bonds. The van der Waals surface area contributed by atoms with Crippen LogP contribution in [0.2, 0.25) is 0 Å². The Morgan fingerprint density at radius 3 is 2.61 bits per heavy atom. The van der Waals surface area contributed by atoms with Crippen LogP contribution in [0.25, 0.3) is 0 Å². The summed E-state index contributed by atoms with van der Waals surface area (Å²) in [6.07, 6.45) is 1.45. The molecule has 0 N–H and O–H groups in total. The van der Waals surface area contributed by atoms with Crippen molar-refractivity contribution in [1.29, 1.82) is 0 Å². The van der Waals surface area contributed by atoms with Crippen molar-refractivity contribution in [2.75, 3.05) is 0 Å². The first-order valence-corrected chi connectivity index (χ1v) is 6.42. The van der Waals surface area contributed by atoms with Gasteiger partial charge in [-0.25, -0.2) is 13.5 Å². The summed E-state index contributed by atoms with van der Waals surface area (Å²) in [6.45, 7) is 0.0713. The minimum Gasteiger partial charge on any atom is -0.266 e. The average molecular weight is 380 g/mol. The van der Waals surface area contributed by atoms with Gasteiger partial charge in [-0.05, 0) is 49.6 Å². The first-order chi connectivity index (χ1) is 8.49. The van der Waals surface area contributed by atoms with Crippen molar-refractivity contribution in [3.05, 3.63) is 60.9 Å². The van der Waals surface area contributed by atoms with Crippen LogP contribution < -0.4 is 5.56 Å². The monoisotopic (exact) mass is 378 g/mol. The molecule has 0 saturated heterocycles. The SMILES string of the molecule is O=c1c(Br)c(Br)cnn1Cc1ccc(F)c(F)c1. The lowest BCUT2D eigenvalue weighted by atomic mass is 10.2. The van der Waals surface area contributed by atoms with E-state index in [9.17, 15) is 13.6 Å². The Labute approximate surface area is 118 Å². The van der Waals surface area contributed by atoms with Crippen LogP contribution in [0.1, 0.15) is 5.56 Å². The Hall–Kier alpha value is -1.08. The Morgan fingerprint density at radius 1 is 1.22 bits per heavy atom. The molecule has 0 aliphatic carbocycles. The van der Waals surface area contributed by atoms with Gasteiger partial charge in [-0.3, -0.25) is 4.79 Å². The minimum atomic E-state index is -0.947. The first kappa shape index (κ1) is 13.4. The van der Waals surface area contributed by atoms with Gasteiger partial charge in [0.05, 0.1) is 17.2 Å². The smallest absolute Gasteiger partial charge is 0.266 e. The van der Waals surface area contributed by atoms with E-state index in [-0.39, 0.29) is 12.1 Å². The molecule has 1 heterocycles. The molecule has 0 radical (unpaired) electrons. The van der Waals surface area contributed by atoms with Crippen LogP contribution in [0.5, 0.6) is 0 Å². The second-order valence-electron chi connectivity index (χ2n) is 3.52. The Morgan fingerprint density at radius 2 is 1.94 bits per heavy atom. The van der Waals surface area contributed by atoms with E-state index in [1.807, 2.05) is 0 Å². The number of halogens is 4. The lowest BCUT2D eigenvalue weighted by Gasteiger charge is -2.06. The van der Waals surface area contributed by atoms with Gasteiger partial charge in [-0.15, -0.1) is 0 Å². The molecule has 2 aromatic rings. The summed E-state index contributed by atoms with van der Waals surface area (Å²) >= 11 is 6.27. The number of hydrogen-bond acceptors (Lipinski definition) is 2. The highest BCUT2D eigenvalue weighted by Gasteiger charge is 2.08. The molecule has 0 spiro atoms. The topological polar surface area (TPSA) is 34.9 Å². The standard InChI is InChI=1S/C11H6Br2F2N2O/c12-7-4-16-17(11(18)10(7)13)5-6-1-2-8(14)9(15)3-6/h1-4H,5H2. The van der Waals surface area contributed by atoms with E-state index in [4.69, 9.17) is 0 Å². The van der Waals surface area contributed by atoms with Gasteiger partial charge in [0, 0.05) is 0 Å². The first-order valence-electron chi connectivity index (χ1n) is 4.84. The molecule has 1 aromatic carbocycles. The second-order valence-corrected chi connectivity index (χ2v) is 5.17. The molecule has 0 saturated carbocycles. The highest BCUT2D eigenvalue weighted by Crippen LogP contribution is 2.17. The maximum absolute atomic E-state index is 13.0. The van der Waals surface area contributed by atoms with E-state index in [1.165, 1.54) is 12.3 Å². The van der Waals surface area contributed by atoms with Gasteiger partial charge < -0.3 is 0 Å². The predicted molar refractivity (Wildman–Crippen MR) is 69.4 cm³/mol. The summed E-state index contributed by atoms with van der Waals surface area (Å²) in [7, 11) is 0. The van der Waals surface area contributed by atoms with Gasteiger partial charge in [0.25, 0.3) is 5.56 Å². The number of hydrogen-bond donors (Lipinski definition) is 0. The zero-order valence-corrected chi connectivity index (χ0v) is 12.0. The Bertz CT molecular complexity index is 658. The van der Waals surface area contributed by atoms with Crippen LogP contribution >= 0.6 is 31.9 Å². The summed E-state index contributed by atoms with van der Waals surface area (Å²) in [6, 6.07) is 3.46. The fourth-order valence-corrected chi connectivity index (χ4v) is 1.94. The molecular formula is C11H6Br2F2N2O. The molecule has 0 aliphatic rings. The molecule has 0 atom stereocenters. The van der Waals surface area contributed by atoms with Crippen molar-refractivity contribution < 1.29 is 8.78 Å². The number of benzene rings is 1. The maximum Gasteiger partial charge on any atom is 0.282 e. The normalized spacial score (nSPS) is 10.7. The molecule has 7 heteroatoms. The number of rotatable bonds is 2. The summed E-state index contributed by atoms with van der Waals surface area (Å²) in [5.74, 6) is -1.87. The van der Waals surface area contributed by atoms with Gasteiger partial charge in [0.2, 0.25) is 0 Å². The van der Waals surface area contributed by atoms with E-state index in [2.05, 4.69) is 37.0 Å². The van der Waals surface area contributed by atoms with E-state index >= 15 is 0 Å². The molecule has 18 heavy (non-hydrogen) atoms. The lowest BCUT2D eigenvalue weighted by Crippen LogP contribution is -2.24. The molecule has 3 nitrogen and oxygen atoms in total.